The first-order chi connectivity index (χ1) is 14.6. The number of carbonyl (C=O) groups is 2. The molecule has 2 amide bonds. The van der Waals surface area contributed by atoms with Crippen molar-refractivity contribution in [2.45, 2.75) is 63.4 Å². The normalized spacial score (nSPS) is 28.4. The van der Waals surface area contributed by atoms with Gasteiger partial charge < -0.3 is 19.9 Å². The lowest BCUT2D eigenvalue weighted by molar-refractivity contribution is -0.130. The Morgan fingerprint density at radius 1 is 1.26 bits per heavy atom. The molecule has 4 rings (SSSR count). The third-order valence-electron chi connectivity index (χ3n) is 5.96. The molecule has 3 heterocycles. The summed E-state index contributed by atoms with van der Waals surface area (Å²) in [4.78, 5) is 29.8. The van der Waals surface area contributed by atoms with Crippen LogP contribution in [-0.2, 0) is 9.53 Å². The molecule has 2 fully saturated rings. The molecular weight excluding hydrogens is 405 g/mol. The Morgan fingerprint density at radius 3 is 2.77 bits per heavy atom. The minimum Gasteiger partial charge on any atom is -0.493 e. The maximum absolute atomic E-state index is 13.6. The Bertz CT molecular complexity index is 858. The van der Waals surface area contributed by atoms with Crippen LogP contribution in [0.3, 0.4) is 0 Å². The van der Waals surface area contributed by atoms with Gasteiger partial charge in [-0.25, -0.2) is 9.18 Å². The van der Waals surface area contributed by atoms with Gasteiger partial charge in [0.15, 0.2) is 0 Å². The van der Waals surface area contributed by atoms with E-state index in [0.29, 0.717) is 44.8 Å². The Kier molecular flexibility index (Phi) is 5.83. The van der Waals surface area contributed by atoms with Crippen LogP contribution in [0, 0.1) is 5.82 Å². The average molecular weight is 435 g/mol. The van der Waals surface area contributed by atoms with Crippen LogP contribution < -0.4 is 10.1 Å². The summed E-state index contributed by atoms with van der Waals surface area (Å²) in [6, 6.07) is 3.20. The van der Waals surface area contributed by atoms with Crippen molar-refractivity contribution < 1.29 is 28.6 Å². The van der Waals surface area contributed by atoms with Crippen molar-refractivity contribution in [1.82, 2.24) is 15.1 Å². The van der Waals surface area contributed by atoms with Gasteiger partial charge in [-0.15, -0.1) is 0 Å². The standard InChI is InChI=1S/C22H30FN3O5/c1-22(2,3)31-21(29)26-10-14-9-15(27)11-25(14)12-18(26)20(28)24-17-6-7-30-19-8-13(23)4-5-16(17)19/h4-5,8,14-15,17-18,27H,6-7,9-12H2,1-3H3,(H,24,28)/t14-,15-,17-,18+/m1/s1. The van der Waals surface area contributed by atoms with E-state index >= 15 is 0 Å². The van der Waals surface area contributed by atoms with Gasteiger partial charge in [0.25, 0.3) is 0 Å². The van der Waals surface area contributed by atoms with E-state index in [9.17, 15) is 19.1 Å². The van der Waals surface area contributed by atoms with Crippen molar-refractivity contribution in [2.24, 2.45) is 0 Å². The molecule has 2 saturated heterocycles. The van der Waals surface area contributed by atoms with Crippen LogP contribution in [0.15, 0.2) is 18.2 Å². The van der Waals surface area contributed by atoms with Crippen molar-refractivity contribution in [3.05, 3.63) is 29.6 Å². The van der Waals surface area contributed by atoms with Crippen LogP contribution in [0.5, 0.6) is 5.75 Å². The van der Waals surface area contributed by atoms with Gasteiger partial charge >= 0.3 is 6.09 Å². The van der Waals surface area contributed by atoms with Crippen LogP contribution in [0.1, 0.15) is 45.2 Å². The molecule has 170 valence electrons. The third-order valence-corrected chi connectivity index (χ3v) is 5.96. The molecule has 3 aliphatic rings. The Labute approximate surface area is 181 Å². The number of ether oxygens (including phenoxy) is 2. The zero-order chi connectivity index (χ0) is 22.3. The maximum Gasteiger partial charge on any atom is 0.411 e. The number of fused-ring (bicyclic) bond motifs is 2. The second-order valence-electron chi connectivity index (χ2n) is 9.53. The molecule has 31 heavy (non-hydrogen) atoms. The number of nitrogens with one attached hydrogen (secondary N) is 1. The lowest BCUT2D eigenvalue weighted by Gasteiger charge is -2.43. The smallest absolute Gasteiger partial charge is 0.411 e. The maximum atomic E-state index is 13.6. The minimum atomic E-state index is -0.747. The van der Waals surface area contributed by atoms with E-state index in [1.165, 1.54) is 17.0 Å². The van der Waals surface area contributed by atoms with E-state index in [2.05, 4.69) is 10.2 Å². The van der Waals surface area contributed by atoms with Gasteiger partial charge in [-0.05, 0) is 33.3 Å². The second kappa shape index (κ2) is 8.27. The summed E-state index contributed by atoms with van der Waals surface area (Å²) in [5.74, 6) is -0.271. The number of rotatable bonds is 2. The lowest BCUT2D eigenvalue weighted by Crippen LogP contribution is -2.63. The van der Waals surface area contributed by atoms with Crippen molar-refractivity contribution in [1.29, 1.82) is 0 Å². The van der Waals surface area contributed by atoms with Gasteiger partial charge in [0, 0.05) is 43.7 Å². The molecular formula is C22H30FN3O5. The Hall–Kier alpha value is -2.39. The zero-order valence-corrected chi connectivity index (χ0v) is 18.1. The fourth-order valence-corrected chi connectivity index (χ4v) is 4.57. The van der Waals surface area contributed by atoms with Gasteiger partial charge in [0.2, 0.25) is 5.91 Å². The van der Waals surface area contributed by atoms with Crippen molar-refractivity contribution >= 4 is 12.0 Å². The van der Waals surface area contributed by atoms with Gasteiger partial charge in [0.05, 0.1) is 18.8 Å². The van der Waals surface area contributed by atoms with Crippen molar-refractivity contribution in [3.63, 3.8) is 0 Å². The fourth-order valence-electron chi connectivity index (χ4n) is 4.57. The summed E-state index contributed by atoms with van der Waals surface area (Å²) in [6.45, 7) is 6.85. The highest BCUT2D eigenvalue weighted by Gasteiger charge is 2.45. The van der Waals surface area contributed by atoms with E-state index in [1.807, 2.05) is 0 Å². The number of hydrogen-bond donors (Lipinski definition) is 2. The summed E-state index contributed by atoms with van der Waals surface area (Å²) in [7, 11) is 0. The molecule has 0 unspecified atom stereocenters. The SMILES string of the molecule is CC(C)(C)OC(=O)N1C[C@H]2C[C@@H](O)CN2C[C@H]1C(=O)N[C@@H]1CCOc2cc(F)ccc21. The molecule has 0 radical (unpaired) electrons. The number of halogens is 1. The number of benzene rings is 1. The number of aliphatic hydroxyl groups excluding tert-OH is 1. The molecule has 1 aromatic rings. The van der Waals surface area contributed by atoms with Gasteiger partial charge in [-0.1, -0.05) is 6.07 Å². The van der Waals surface area contributed by atoms with E-state index in [1.54, 1.807) is 26.8 Å². The predicted molar refractivity (Wildman–Crippen MR) is 110 cm³/mol. The molecule has 0 aromatic heterocycles. The quantitative estimate of drug-likeness (QED) is 0.737. The van der Waals surface area contributed by atoms with E-state index in [-0.39, 0.29) is 18.0 Å². The number of aliphatic hydroxyl groups is 1. The van der Waals surface area contributed by atoms with Crippen LogP contribution in [-0.4, -0.2) is 76.9 Å². The van der Waals surface area contributed by atoms with Crippen molar-refractivity contribution in [2.75, 3.05) is 26.2 Å². The van der Waals surface area contributed by atoms with Crippen LogP contribution >= 0.6 is 0 Å². The highest BCUT2D eigenvalue weighted by atomic mass is 19.1. The Balaban J connectivity index is 1.53. The van der Waals surface area contributed by atoms with Crippen molar-refractivity contribution in [3.8, 4) is 5.75 Å². The van der Waals surface area contributed by atoms with Gasteiger partial charge in [-0.3, -0.25) is 14.6 Å². The van der Waals surface area contributed by atoms with E-state index in [0.717, 1.165) is 5.56 Å². The summed E-state index contributed by atoms with van der Waals surface area (Å²) >= 11 is 0. The molecule has 0 aliphatic carbocycles. The first-order valence-electron chi connectivity index (χ1n) is 10.7. The summed E-state index contributed by atoms with van der Waals surface area (Å²) < 4.78 is 24.6. The molecule has 0 bridgehead atoms. The first-order valence-corrected chi connectivity index (χ1v) is 10.7. The lowest BCUT2D eigenvalue weighted by atomic mass is 9.99. The molecule has 4 atom stereocenters. The highest BCUT2D eigenvalue weighted by Crippen LogP contribution is 2.33. The van der Waals surface area contributed by atoms with Crippen LogP contribution in [0.4, 0.5) is 9.18 Å². The average Bonchev–Trinajstić information content (AvgIpc) is 3.04. The highest BCUT2D eigenvalue weighted by molar-refractivity contribution is 5.86. The molecule has 9 heteroatoms. The predicted octanol–water partition coefficient (Wildman–Crippen LogP) is 1.82. The number of nitrogens with zero attached hydrogens (tertiary/aromatic N) is 2. The largest absolute Gasteiger partial charge is 0.493 e. The number of piperazine rings is 1. The summed E-state index contributed by atoms with van der Waals surface area (Å²) in [5.41, 5.74) is 0.0313. The Morgan fingerprint density at radius 2 is 2.03 bits per heavy atom. The van der Waals surface area contributed by atoms with Gasteiger partial charge in [-0.2, -0.15) is 0 Å². The number of amides is 2. The molecule has 8 nitrogen and oxygen atoms in total. The molecule has 3 aliphatic heterocycles. The van der Waals surface area contributed by atoms with E-state index in [4.69, 9.17) is 9.47 Å². The number of hydrogen-bond acceptors (Lipinski definition) is 6. The van der Waals surface area contributed by atoms with Crippen LogP contribution in [0.2, 0.25) is 0 Å². The molecule has 2 N–H and O–H groups in total. The third kappa shape index (κ3) is 4.77. The van der Waals surface area contributed by atoms with E-state index < -0.39 is 29.7 Å². The summed E-state index contributed by atoms with van der Waals surface area (Å²) in [5, 5.41) is 13.1. The fraction of sp³-hybridized carbons (Fsp3) is 0.636. The first kappa shape index (κ1) is 21.8. The molecule has 1 aromatic carbocycles. The molecule has 0 saturated carbocycles. The molecule has 0 spiro atoms. The second-order valence-corrected chi connectivity index (χ2v) is 9.53. The zero-order valence-electron chi connectivity index (χ0n) is 18.1. The van der Waals surface area contributed by atoms with Gasteiger partial charge in [0.1, 0.15) is 23.2 Å². The minimum absolute atomic E-state index is 0.00153. The van der Waals surface area contributed by atoms with Crippen LogP contribution in [0.25, 0.3) is 0 Å². The monoisotopic (exact) mass is 435 g/mol. The number of carbonyl (C=O) groups excluding carboxylic acids is 2. The topological polar surface area (TPSA) is 91.3 Å². The summed E-state index contributed by atoms with van der Waals surface area (Å²) in [6.07, 6.45) is 0.105.